The Morgan fingerprint density at radius 3 is 2.40 bits per heavy atom. The van der Waals surface area contributed by atoms with E-state index in [2.05, 4.69) is 0 Å². The molecule has 1 aromatic carbocycles. The van der Waals surface area contributed by atoms with Gasteiger partial charge in [-0.3, -0.25) is 0 Å². The van der Waals surface area contributed by atoms with E-state index in [1.807, 2.05) is 26.8 Å². The zero-order chi connectivity index (χ0) is 15.5. The topological polar surface area (TPSA) is 66.6 Å². The van der Waals surface area contributed by atoms with E-state index in [4.69, 9.17) is 28.9 Å². The summed E-state index contributed by atoms with van der Waals surface area (Å²) in [4.78, 5) is 12.6. The van der Waals surface area contributed by atoms with Crippen LogP contribution in [0, 0.1) is 0 Å². The average Bonchev–Trinajstić information content (AvgIpc) is 2.29. The predicted molar refractivity (Wildman–Crippen MR) is 82.6 cm³/mol. The molecule has 0 aliphatic rings. The first kappa shape index (κ1) is 17.1. The van der Waals surface area contributed by atoms with Gasteiger partial charge in [0.15, 0.2) is 0 Å². The Labute approximate surface area is 129 Å². The molecule has 112 valence electrons. The first-order valence-corrected chi connectivity index (χ1v) is 7.07. The number of hydrogen-bond donors (Lipinski definition) is 2. The average molecular weight is 319 g/mol. The molecule has 0 aliphatic carbocycles. The van der Waals surface area contributed by atoms with Crippen LogP contribution in [0.3, 0.4) is 0 Å². The Morgan fingerprint density at radius 1 is 1.35 bits per heavy atom. The van der Waals surface area contributed by atoms with E-state index < -0.39 is 11.6 Å². The van der Waals surface area contributed by atoms with Crippen LogP contribution < -0.4 is 5.73 Å². The lowest BCUT2D eigenvalue weighted by atomic mass is 10.0. The summed E-state index contributed by atoms with van der Waals surface area (Å²) in [5.41, 5.74) is 6.50. The summed E-state index contributed by atoms with van der Waals surface area (Å²) in [7, 11) is 0. The van der Waals surface area contributed by atoms with Crippen LogP contribution in [0.5, 0.6) is 0 Å². The van der Waals surface area contributed by atoms with Gasteiger partial charge in [0.05, 0.1) is 10.0 Å². The number of hydrogen-bond acceptors (Lipinski definition) is 2. The molecular formula is C14H20Cl2N2O2. The highest BCUT2D eigenvalue weighted by atomic mass is 35.5. The number of rotatable bonds is 4. The highest BCUT2D eigenvalue weighted by molar-refractivity contribution is 6.42. The Balaban J connectivity index is 2.73. The molecule has 0 spiro atoms. The third-order valence-corrected chi connectivity index (χ3v) is 3.68. The molecule has 1 rings (SSSR count). The van der Waals surface area contributed by atoms with Crippen LogP contribution in [0.25, 0.3) is 0 Å². The number of nitrogens with two attached hydrogens (primary N) is 1. The Bertz CT molecular complexity index is 487. The summed E-state index contributed by atoms with van der Waals surface area (Å²) < 4.78 is 0. The predicted octanol–water partition coefficient (Wildman–Crippen LogP) is 3.64. The molecule has 0 saturated carbocycles. The van der Waals surface area contributed by atoms with Crippen molar-refractivity contribution in [2.45, 2.75) is 38.8 Å². The van der Waals surface area contributed by atoms with Crippen molar-refractivity contribution in [3.8, 4) is 0 Å². The normalized spacial score (nSPS) is 13.1. The van der Waals surface area contributed by atoms with Crippen LogP contribution in [0.2, 0.25) is 10.0 Å². The van der Waals surface area contributed by atoms with Gasteiger partial charge in [-0.1, -0.05) is 29.3 Å². The molecule has 0 bridgehead atoms. The number of carboxylic acid groups (broad SMARTS) is 1. The number of nitrogens with zero attached hydrogens (tertiary/aromatic N) is 1. The third-order valence-electron chi connectivity index (χ3n) is 2.94. The fourth-order valence-electron chi connectivity index (χ4n) is 1.91. The second kappa shape index (κ2) is 6.66. The summed E-state index contributed by atoms with van der Waals surface area (Å²) in [6.07, 6.45) is -0.432. The van der Waals surface area contributed by atoms with Crippen LogP contribution in [0.4, 0.5) is 4.79 Å². The molecule has 1 amide bonds. The van der Waals surface area contributed by atoms with Crippen molar-refractivity contribution in [1.29, 1.82) is 0 Å². The minimum atomic E-state index is -0.970. The second-order valence-corrected chi connectivity index (χ2v) is 6.59. The lowest BCUT2D eigenvalue weighted by molar-refractivity contribution is 0.0960. The maximum absolute atomic E-state index is 11.3. The van der Waals surface area contributed by atoms with Gasteiger partial charge >= 0.3 is 6.09 Å². The van der Waals surface area contributed by atoms with E-state index in [1.165, 1.54) is 4.90 Å². The lowest BCUT2D eigenvalue weighted by Gasteiger charge is -2.35. The number of benzene rings is 1. The third kappa shape index (κ3) is 4.85. The summed E-state index contributed by atoms with van der Waals surface area (Å²) in [5.74, 6) is 0. The zero-order valence-electron chi connectivity index (χ0n) is 11.9. The molecule has 6 heteroatoms. The SMILES string of the molecule is CC(C)(C)N(C[C@@H](N)Cc1ccc(Cl)c(Cl)c1)C(=O)O. The van der Waals surface area contributed by atoms with Gasteiger partial charge < -0.3 is 15.7 Å². The largest absolute Gasteiger partial charge is 0.465 e. The molecule has 0 aromatic heterocycles. The number of carbonyl (C=O) groups is 1. The van der Waals surface area contributed by atoms with E-state index in [1.54, 1.807) is 12.1 Å². The van der Waals surface area contributed by atoms with E-state index in [0.717, 1.165) is 5.56 Å². The maximum atomic E-state index is 11.3. The Kier molecular flexibility index (Phi) is 5.68. The van der Waals surface area contributed by atoms with Crippen molar-refractivity contribution in [3.05, 3.63) is 33.8 Å². The lowest BCUT2D eigenvalue weighted by Crippen LogP contribution is -2.50. The minimum Gasteiger partial charge on any atom is -0.465 e. The highest BCUT2D eigenvalue weighted by Gasteiger charge is 2.27. The summed E-state index contributed by atoms with van der Waals surface area (Å²) in [5, 5.41) is 10.2. The minimum absolute atomic E-state index is 0.263. The molecule has 0 unspecified atom stereocenters. The van der Waals surface area contributed by atoms with Crippen LogP contribution in [0.15, 0.2) is 18.2 Å². The quantitative estimate of drug-likeness (QED) is 0.890. The van der Waals surface area contributed by atoms with Gasteiger partial charge in [0.1, 0.15) is 0 Å². The van der Waals surface area contributed by atoms with Gasteiger partial charge in [0.2, 0.25) is 0 Å². The smallest absolute Gasteiger partial charge is 0.407 e. The molecule has 20 heavy (non-hydrogen) atoms. The van der Waals surface area contributed by atoms with Gasteiger partial charge in [0.25, 0.3) is 0 Å². The maximum Gasteiger partial charge on any atom is 0.407 e. The van der Waals surface area contributed by atoms with Crippen LogP contribution in [-0.2, 0) is 6.42 Å². The molecule has 0 heterocycles. The number of amides is 1. The van der Waals surface area contributed by atoms with Crippen molar-refractivity contribution in [2.24, 2.45) is 5.73 Å². The van der Waals surface area contributed by atoms with Crippen molar-refractivity contribution in [1.82, 2.24) is 4.90 Å². The fraction of sp³-hybridized carbons (Fsp3) is 0.500. The molecule has 0 radical (unpaired) electrons. The zero-order valence-corrected chi connectivity index (χ0v) is 13.4. The van der Waals surface area contributed by atoms with Crippen molar-refractivity contribution in [3.63, 3.8) is 0 Å². The van der Waals surface area contributed by atoms with Crippen molar-refractivity contribution >= 4 is 29.3 Å². The summed E-state index contributed by atoms with van der Waals surface area (Å²) in [6.45, 7) is 5.78. The molecule has 0 aliphatic heterocycles. The van der Waals surface area contributed by atoms with Gasteiger partial charge in [0, 0.05) is 18.1 Å². The van der Waals surface area contributed by atoms with E-state index in [9.17, 15) is 9.90 Å². The van der Waals surface area contributed by atoms with Crippen molar-refractivity contribution < 1.29 is 9.90 Å². The first-order valence-electron chi connectivity index (χ1n) is 6.31. The monoisotopic (exact) mass is 318 g/mol. The highest BCUT2D eigenvalue weighted by Crippen LogP contribution is 2.23. The van der Waals surface area contributed by atoms with Crippen LogP contribution in [-0.4, -0.2) is 34.2 Å². The van der Waals surface area contributed by atoms with E-state index in [0.29, 0.717) is 16.5 Å². The molecule has 0 fully saturated rings. The molecular weight excluding hydrogens is 299 g/mol. The fourth-order valence-corrected chi connectivity index (χ4v) is 2.23. The van der Waals surface area contributed by atoms with Gasteiger partial charge in [-0.15, -0.1) is 0 Å². The second-order valence-electron chi connectivity index (χ2n) is 5.78. The van der Waals surface area contributed by atoms with E-state index in [-0.39, 0.29) is 12.6 Å². The van der Waals surface area contributed by atoms with Crippen LogP contribution in [0.1, 0.15) is 26.3 Å². The molecule has 4 nitrogen and oxygen atoms in total. The van der Waals surface area contributed by atoms with Crippen LogP contribution >= 0.6 is 23.2 Å². The summed E-state index contributed by atoms with van der Waals surface area (Å²) in [6, 6.07) is 5.01. The standard InChI is InChI=1S/C14H20Cl2N2O2/c1-14(2,3)18(13(19)20)8-10(17)6-9-4-5-11(15)12(16)7-9/h4-5,7,10H,6,8,17H2,1-3H3,(H,19,20)/t10-/m0/s1. The first-order chi connectivity index (χ1) is 9.11. The number of halogens is 2. The molecule has 1 aromatic rings. The Hall–Kier alpha value is -0.970. The summed E-state index contributed by atoms with van der Waals surface area (Å²) >= 11 is 11.8. The van der Waals surface area contributed by atoms with Gasteiger partial charge in [-0.2, -0.15) is 0 Å². The molecule has 0 saturated heterocycles. The Morgan fingerprint density at radius 2 is 1.95 bits per heavy atom. The van der Waals surface area contributed by atoms with Gasteiger partial charge in [-0.05, 0) is 44.9 Å². The van der Waals surface area contributed by atoms with Gasteiger partial charge in [-0.25, -0.2) is 4.79 Å². The van der Waals surface area contributed by atoms with Crippen molar-refractivity contribution in [2.75, 3.05) is 6.54 Å². The molecule has 1 atom stereocenters. The van der Waals surface area contributed by atoms with E-state index >= 15 is 0 Å². The molecule has 3 N–H and O–H groups in total.